The van der Waals surface area contributed by atoms with Crippen molar-refractivity contribution in [1.82, 2.24) is 10.2 Å². The first-order valence-corrected chi connectivity index (χ1v) is 10.2. The number of nitrogens with two attached hydrogens (primary N) is 2. The first kappa shape index (κ1) is 22.3. The van der Waals surface area contributed by atoms with Crippen molar-refractivity contribution in [3.8, 4) is 0 Å². The molecule has 10 heteroatoms. The fourth-order valence-corrected chi connectivity index (χ4v) is 3.99. The molecule has 3 rings (SSSR count). The van der Waals surface area contributed by atoms with Crippen molar-refractivity contribution in [2.75, 3.05) is 43.4 Å². The monoisotopic (exact) mass is 423 g/mol. The molecule has 1 aromatic carbocycles. The lowest BCUT2D eigenvalue weighted by atomic mass is 9.96. The van der Waals surface area contributed by atoms with Crippen LogP contribution in [0.25, 0.3) is 0 Å². The third kappa shape index (κ3) is 5.18. The predicted molar refractivity (Wildman–Crippen MR) is 110 cm³/mol. The molecule has 30 heavy (non-hydrogen) atoms. The maximum absolute atomic E-state index is 13.2. The number of benzene rings is 1. The summed E-state index contributed by atoms with van der Waals surface area (Å²) in [7, 11) is 0. The van der Waals surface area contributed by atoms with Gasteiger partial charge in [0.05, 0.1) is 11.4 Å². The standard InChI is InChI=1S/C20H30FN5O4/c21-13-1-2-16(15(23)9-13)25-6-3-12(4-7-25)10-24-19(29)17(27)18(28)20(30)26-8-5-14(22)11-26/h1-2,9,12,14,17-18,27-28H,3-8,10-11,22-23H2,(H,24,29)/t14-,17+,18+/m0/s1. The second kappa shape index (κ2) is 9.59. The number of halogens is 1. The Labute approximate surface area is 174 Å². The highest BCUT2D eigenvalue weighted by atomic mass is 19.1. The minimum absolute atomic E-state index is 0.150. The number of nitrogens with zero attached hydrogens (tertiary/aromatic N) is 2. The second-order valence-corrected chi connectivity index (χ2v) is 8.10. The number of rotatable bonds is 6. The SMILES string of the molecule is Nc1cc(F)ccc1N1CCC(CNC(=O)[C@H](O)[C@@H](O)C(=O)N2CC[C@H](N)C2)CC1. The van der Waals surface area contributed by atoms with E-state index in [-0.39, 0.29) is 17.8 Å². The van der Waals surface area contributed by atoms with E-state index in [2.05, 4.69) is 10.2 Å². The molecule has 0 aliphatic carbocycles. The van der Waals surface area contributed by atoms with Crippen molar-refractivity contribution in [3.05, 3.63) is 24.0 Å². The molecule has 7 N–H and O–H groups in total. The molecule has 1 aromatic rings. The van der Waals surface area contributed by atoms with Gasteiger partial charge in [0, 0.05) is 38.8 Å². The number of hydrogen-bond acceptors (Lipinski definition) is 7. The molecular weight excluding hydrogens is 393 g/mol. The summed E-state index contributed by atoms with van der Waals surface area (Å²) in [5.74, 6) is -1.65. The molecule has 0 bridgehead atoms. The van der Waals surface area contributed by atoms with Crippen molar-refractivity contribution in [2.24, 2.45) is 11.7 Å². The number of aliphatic hydroxyl groups is 2. The summed E-state index contributed by atoms with van der Waals surface area (Å²) in [6.45, 7) is 2.45. The van der Waals surface area contributed by atoms with Crippen molar-refractivity contribution >= 4 is 23.2 Å². The van der Waals surface area contributed by atoms with Crippen molar-refractivity contribution in [3.63, 3.8) is 0 Å². The molecule has 2 aliphatic rings. The summed E-state index contributed by atoms with van der Waals surface area (Å²) in [6.07, 6.45) is -1.45. The van der Waals surface area contributed by atoms with Gasteiger partial charge >= 0.3 is 0 Å². The van der Waals surface area contributed by atoms with Crippen LogP contribution >= 0.6 is 0 Å². The topological polar surface area (TPSA) is 145 Å². The van der Waals surface area contributed by atoms with Crippen LogP contribution in [0.4, 0.5) is 15.8 Å². The third-order valence-corrected chi connectivity index (χ3v) is 5.87. The van der Waals surface area contributed by atoms with E-state index in [0.29, 0.717) is 44.8 Å². The molecule has 2 fully saturated rings. The average Bonchev–Trinajstić information content (AvgIpc) is 3.17. The molecule has 0 aromatic heterocycles. The van der Waals surface area contributed by atoms with E-state index in [1.165, 1.54) is 17.0 Å². The van der Waals surface area contributed by atoms with E-state index in [4.69, 9.17) is 11.5 Å². The van der Waals surface area contributed by atoms with Gasteiger partial charge in [-0.25, -0.2) is 4.39 Å². The average molecular weight is 423 g/mol. The maximum Gasteiger partial charge on any atom is 0.254 e. The van der Waals surface area contributed by atoms with Gasteiger partial charge in [-0.2, -0.15) is 0 Å². The highest BCUT2D eigenvalue weighted by Gasteiger charge is 2.36. The van der Waals surface area contributed by atoms with Gasteiger partial charge < -0.3 is 36.8 Å². The number of nitrogens with one attached hydrogen (secondary N) is 1. The van der Waals surface area contributed by atoms with Crippen molar-refractivity contribution < 1.29 is 24.2 Å². The van der Waals surface area contributed by atoms with Gasteiger partial charge in [-0.15, -0.1) is 0 Å². The summed E-state index contributed by atoms with van der Waals surface area (Å²) < 4.78 is 13.2. The lowest BCUT2D eigenvalue weighted by Crippen LogP contribution is -2.51. The zero-order valence-electron chi connectivity index (χ0n) is 16.8. The van der Waals surface area contributed by atoms with Gasteiger partial charge in [-0.05, 0) is 43.4 Å². The van der Waals surface area contributed by atoms with E-state index in [0.717, 1.165) is 18.5 Å². The molecule has 166 valence electrons. The van der Waals surface area contributed by atoms with E-state index < -0.39 is 24.0 Å². The lowest BCUT2D eigenvalue weighted by molar-refractivity contribution is -0.152. The Morgan fingerprint density at radius 1 is 1.17 bits per heavy atom. The van der Waals surface area contributed by atoms with Crippen LogP contribution in [0.3, 0.4) is 0 Å². The third-order valence-electron chi connectivity index (χ3n) is 5.87. The number of piperidine rings is 1. The number of amides is 2. The first-order valence-electron chi connectivity index (χ1n) is 10.2. The highest BCUT2D eigenvalue weighted by Crippen LogP contribution is 2.28. The lowest BCUT2D eigenvalue weighted by Gasteiger charge is -2.34. The number of carbonyl (C=O) groups excluding carboxylic acids is 2. The van der Waals surface area contributed by atoms with Crippen molar-refractivity contribution in [2.45, 2.75) is 37.5 Å². The second-order valence-electron chi connectivity index (χ2n) is 8.10. The number of aliphatic hydroxyl groups excluding tert-OH is 2. The molecule has 0 saturated carbocycles. The van der Waals surface area contributed by atoms with E-state index in [1.807, 2.05) is 0 Å². The highest BCUT2D eigenvalue weighted by molar-refractivity contribution is 5.90. The number of nitrogen functional groups attached to an aromatic ring is 1. The Morgan fingerprint density at radius 3 is 2.47 bits per heavy atom. The summed E-state index contributed by atoms with van der Waals surface area (Å²) in [5, 5.41) is 22.7. The van der Waals surface area contributed by atoms with Gasteiger partial charge in [-0.3, -0.25) is 9.59 Å². The Hall–Kier alpha value is -2.43. The van der Waals surface area contributed by atoms with Gasteiger partial charge in [0.2, 0.25) is 0 Å². The van der Waals surface area contributed by atoms with Gasteiger partial charge in [-0.1, -0.05) is 0 Å². The largest absolute Gasteiger partial charge is 0.397 e. The zero-order chi connectivity index (χ0) is 21.8. The minimum atomic E-state index is -1.83. The Kier molecular flexibility index (Phi) is 7.11. The quantitative estimate of drug-likeness (QED) is 0.370. The molecule has 9 nitrogen and oxygen atoms in total. The number of anilines is 2. The van der Waals surface area contributed by atoms with Crippen LogP contribution in [0.1, 0.15) is 19.3 Å². The minimum Gasteiger partial charge on any atom is -0.397 e. The molecule has 3 atom stereocenters. The maximum atomic E-state index is 13.2. The Morgan fingerprint density at radius 2 is 1.87 bits per heavy atom. The normalized spacial score (nSPS) is 22.1. The van der Waals surface area contributed by atoms with Crippen LogP contribution < -0.4 is 21.7 Å². The first-order chi connectivity index (χ1) is 14.3. The fraction of sp³-hybridized carbons (Fsp3) is 0.600. The number of likely N-dealkylation sites (tertiary alicyclic amines) is 1. The smallest absolute Gasteiger partial charge is 0.254 e. The molecule has 2 amide bonds. The fourth-order valence-electron chi connectivity index (χ4n) is 3.99. The van der Waals surface area contributed by atoms with Crippen LogP contribution in [-0.4, -0.2) is 77.9 Å². The van der Waals surface area contributed by atoms with Gasteiger partial charge in [0.1, 0.15) is 5.82 Å². The summed E-state index contributed by atoms with van der Waals surface area (Å²) in [5.41, 5.74) is 12.8. The summed E-state index contributed by atoms with van der Waals surface area (Å²) in [6, 6.07) is 4.19. The van der Waals surface area contributed by atoms with Crippen LogP contribution in [0.15, 0.2) is 18.2 Å². The molecule has 2 aliphatic heterocycles. The predicted octanol–water partition coefficient (Wildman–Crippen LogP) is -0.978. The number of hydrogen-bond donors (Lipinski definition) is 5. The van der Waals surface area contributed by atoms with Crippen LogP contribution in [-0.2, 0) is 9.59 Å². The molecular formula is C20H30FN5O4. The Balaban J connectivity index is 1.43. The molecule has 2 saturated heterocycles. The van der Waals surface area contributed by atoms with Gasteiger partial charge in [0.25, 0.3) is 11.8 Å². The summed E-state index contributed by atoms with van der Waals surface area (Å²) >= 11 is 0. The molecule has 0 unspecified atom stereocenters. The summed E-state index contributed by atoms with van der Waals surface area (Å²) in [4.78, 5) is 27.8. The van der Waals surface area contributed by atoms with Crippen LogP contribution in [0, 0.1) is 11.7 Å². The molecule has 2 heterocycles. The van der Waals surface area contributed by atoms with Crippen LogP contribution in [0.5, 0.6) is 0 Å². The van der Waals surface area contributed by atoms with E-state index in [9.17, 15) is 24.2 Å². The number of carbonyl (C=O) groups is 2. The van der Waals surface area contributed by atoms with Crippen molar-refractivity contribution in [1.29, 1.82) is 0 Å². The Bertz CT molecular complexity index is 772. The zero-order valence-corrected chi connectivity index (χ0v) is 16.8. The molecule has 0 radical (unpaired) electrons. The van der Waals surface area contributed by atoms with Gasteiger partial charge in [0.15, 0.2) is 12.2 Å². The molecule has 0 spiro atoms. The van der Waals surface area contributed by atoms with E-state index >= 15 is 0 Å². The van der Waals surface area contributed by atoms with Crippen LogP contribution in [0.2, 0.25) is 0 Å². The van der Waals surface area contributed by atoms with E-state index in [1.54, 1.807) is 6.07 Å².